The minimum Gasteiger partial charge on any atom is -0.496 e. The monoisotopic (exact) mass is 473 g/mol. The molecular formula is C27H27N3O5. The van der Waals surface area contributed by atoms with Crippen LogP contribution in [0.25, 0.3) is 0 Å². The molecule has 4 rings (SSSR count). The molecule has 8 nitrogen and oxygen atoms in total. The van der Waals surface area contributed by atoms with Gasteiger partial charge in [-0.2, -0.15) is 0 Å². The first-order chi connectivity index (χ1) is 17.0. The molecule has 180 valence electrons. The van der Waals surface area contributed by atoms with Crippen molar-refractivity contribution in [2.75, 3.05) is 30.5 Å². The van der Waals surface area contributed by atoms with Gasteiger partial charge in [0.2, 0.25) is 11.8 Å². The fourth-order valence-electron chi connectivity index (χ4n) is 3.90. The van der Waals surface area contributed by atoms with Gasteiger partial charge in [0.15, 0.2) is 6.61 Å². The fraction of sp³-hybridized carbons (Fsp3) is 0.222. The van der Waals surface area contributed by atoms with Crippen LogP contribution in [0.1, 0.15) is 12.0 Å². The summed E-state index contributed by atoms with van der Waals surface area (Å²) in [5.41, 5.74) is 2.25. The number of amides is 3. The summed E-state index contributed by atoms with van der Waals surface area (Å²) in [4.78, 5) is 38.9. The minimum absolute atomic E-state index is 0.113. The molecule has 1 saturated heterocycles. The number of nitrogens with zero attached hydrogens (tertiary/aromatic N) is 1. The SMILES string of the molecule is COc1ccccc1CNC(=O)[C@@H]1CC(=O)N(c2ccc(OCC(=O)Nc3ccccc3)cc2)C1. The van der Waals surface area contributed by atoms with Crippen LogP contribution in [0.15, 0.2) is 78.9 Å². The van der Waals surface area contributed by atoms with Gasteiger partial charge in [-0.3, -0.25) is 14.4 Å². The number of carbonyl (C=O) groups excluding carboxylic acids is 3. The third-order valence-electron chi connectivity index (χ3n) is 5.72. The Morgan fingerprint density at radius 1 is 0.971 bits per heavy atom. The van der Waals surface area contributed by atoms with E-state index in [9.17, 15) is 14.4 Å². The van der Waals surface area contributed by atoms with Crippen molar-refractivity contribution in [1.82, 2.24) is 5.32 Å². The smallest absolute Gasteiger partial charge is 0.262 e. The van der Waals surface area contributed by atoms with Crippen LogP contribution < -0.4 is 25.0 Å². The molecule has 1 heterocycles. The molecule has 3 aromatic rings. The summed E-state index contributed by atoms with van der Waals surface area (Å²) >= 11 is 0. The van der Waals surface area contributed by atoms with E-state index in [1.165, 1.54) is 0 Å². The molecule has 1 atom stereocenters. The van der Waals surface area contributed by atoms with E-state index in [4.69, 9.17) is 9.47 Å². The minimum atomic E-state index is -0.435. The molecule has 1 aliphatic rings. The molecule has 2 N–H and O–H groups in total. The third kappa shape index (κ3) is 6.17. The molecule has 35 heavy (non-hydrogen) atoms. The largest absolute Gasteiger partial charge is 0.496 e. The summed E-state index contributed by atoms with van der Waals surface area (Å²) < 4.78 is 10.9. The highest BCUT2D eigenvalue weighted by molar-refractivity contribution is 6.00. The Morgan fingerprint density at radius 2 is 1.69 bits per heavy atom. The highest BCUT2D eigenvalue weighted by Crippen LogP contribution is 2.27. The zero-order chi connectivity index (χ0) is 24.6. The number of benzene rings is 3. The number of carbonyl (C=O) groups is 3. The van der Waals surface area contributed by atoms with E-state index in [0.29, 0.717) is 36.0 Å². The summed E-state index contributed by atoms with van der Waals surface area (Å²) in [6.45, 7) is 0.499. The second-order valence-electron chi connectivity index (χ2n) is 8.13. The van der Waals surface area contributed by atoms with E-state index in [2.05, 4.69) is 10.6 Å². The van der Waals surface area contributed by atoms with Crippen molar-refractivity contribution >= 4 is 29.1 Å². The maximum absolute atomic E-state index is 12.7. The predicted molar refractivity (Wildman–Crippen MR) is 132 cm³/mol. The Hall–Kier alpha value is -4.33. The summed E-state index contributed by atoms with van der Waals surface area (Å²) in [6, 6.07) is 23.5. The number of hydrogen-bond acceptors (Lipinski definition) is 5. The lowest BCUT2D eigenvalue weighted by atomic mass is 10.1. The molecule has 0 bridgehead atoms. The number of nitrogens with one attached hydrogen (secondary N) is 2. The van der Waals surface area contributed by atoms with Crippen molar-refractivity contribution in [3.05, 3.63) is 84.4 Å². The maximum Gasteiger partial charge on any atom is 0.262 e. The third-order valence-corrected chi connectivity index (χ3v) is 5.72. The van der Waals surface area contributed by atoms with Gasteiger partial charge in [-0.25, -0.2) is 0 Å². The average Bonchev–Trinajstić information content (AvgIpc) is 3.28. The van der Waals surface area contributed by atoms with Crippen molar-refractivity contribution < 1.29 is 23.9 Å². The standard InChI is InChI=1S/C27H27N3O5/c1-34-24-10-6-5-7-19(24)16-28-27(33)20-15-26(32)30(17-20)22-11-13-23(14-12-22)35-18-25(31)29-21-8-3-2-4-9-21/h2-14,20H,15-18H2,1H3,(H,28,33)(H,29,31)/t20-/m1/s1. The van der Waals surface area contributed by atoms with Gasteiger partial charge in [-0.15, -0.1) is 0 Å². The van der Waals surface area contributed by atoms with Crippen molar-refractivity contribution in [2.24, 2.45) is 5.92 Å². The molecular weight excluding hydrogens is 446 g/mol. The number of rotatable bonds is 9. The lowest BCUT2D eigenvalue weighted by molar-refractivity contribution is -0.126. The topological polar surface area (TPSA) is 97.0 Å². The summed E-state index contributed by atoms with van der Waals surface area (Å²) in [5, 5.41) is 5.66. The Labute approximate surface area is 203 Å². The van der Waals surface area contributed by atoms with E-state index >= 15 is 0 Å². The highest BCUT2D eigenvalue weighted by Gasteiger charge is 2.35. The van der Waals surface area contributed by atoms with Gasteiger partial charge < -0.3 is 25.0 Å². The van der Waals surface area contributed by atoms with Gasteiger partial charge in [0.05, 0.1) is 13.0 Å². The first-order valence-electron chi connectivity index (χ1n) is 11.3. The van der Waals surface area contributed by atoms with Crippen molar-refractivity contribution in [3.63, 3.8) is 0 Å². The van der Waals surface area contributed by atoms with Gasteiger partial charge >= 0.3 is 0 Å². The Balaban J connectivity index is 1.28. The average molecular weight is 474 g/mol. The number of para-hydroxylation sites is 2. The van der Waals surface area contributed by atoms with Crippen LogP contribution in [0.3, 0.4) is 0 Å². The van der Waals surface area contributed by atoms with Crippen molar-refractivity contribution in [3.8, 4) is 11.5 Å². The van der Waals surface area contributed by atoms with Crippen LogP contribution in [-0.4, -0.2) is 38.0 Å². The van der Waals surface area contributed by atoms with Gasteiger partial charge in [-0.05, 0) is 42.5 Å². The van der Waals surface area contributed by atoms with Crippen LogP contribution in [0.5, 0.6) is 11.5 Å². The second kappa shape index (κ2) is 11.2. The molecule has 0 radical (unpaired) electrons. The molecule has 1 fully saturated rings. The summed E-state index contributed by atoms with van der Waals surface area (Å²) in [6.07, 6.45) is 0.148. The van der Waals surface area contributed by atoms with Crippen LogP contribution in [-0.2, 0) is 20.9 Å². The molecule has 0 spiro atoms. The summed E-state index contributed by atoms with van der Waals surface area (Å²) in [7, 11) is 1.59. The molecule has 0 unspecified atom stereocenters. The zero-order valence-corrected chi connectivity index (χ0v) is 19.4. The van der Waals surface area contributed by atoms with Gasteiger partial charge in [0.1, 0.15) is 11.5 Å². The number of anilines is 2. The highest BCUT2D eigenvalue weighted by atomic mass is 16.5. The van der Waals surface area contributed by atoms with E-state index < -0.39 is 5.92 Å². The lowest BCUT2D eigenvalue weighted by Crippen LogP contribution is -2.32. The fourth-order valence-corrected chi connectivity index (χ4v) is 3.90. The molecule has 0 aliphatic carbocycles. The van der Waals surface area contributed by atoms with Crippen LogP contribution in [0.4, 0.5) is 11.4 Å². The summed E-state index contributed by atoms with van der Waals surface area (Å²) in [5.74, 6) is 0.229. The van der Waals surface area contributed by atoms with Gasteiger partial charge in [0.25, 0.3) is 5.91 Å². The normalized spacial score (nSPS) is 14.9. The zero-order valence-electron chi connectivity index (χ0n) is 19.4. The molecule has 0 aromatic heterocycles. The van der Waals surface area contributed by atoms with Crippen molar-refractivity contribution in [1.29, 1.82) is 0 Å². The Kier molecular flexibility index (Phi) is 7.62. The van der Waals surface area contributed by atoms with Gasteiger partial charge in [-0.1, -0.05) is 36.4 Å². The molecule has 3 aromatic carbocycles. The Morgan fingerprint density at radius 3 is 2.43 bits per heavy atom. The number of hydrogen-bond donors (Lipinski definition) is 2. The van der Waals surface area contributed by atoms with Crippen LogP contribution >= 0.6 is 0 Å². The molecule has 0 saturated carbocycles. The van der Waals surface area contributed by atoms with Crippen molar-refractivity contribution in [2.45, 2.75) is 13.0 Å². The predicted octanol–water partition coefficient (Wildman–Crippen LogP) is 3.38. The first-order valence-corrected chi connectivity index (χ1v) is 11.3. The quantitative estimate of drug-likeness (QED) is 0.497. The Bertz CT molecular complexity index is 1180. The van der Waals surface area contributed by atoms with E-state index in [0.717, 1.165) is 5.56 Å². The molecule has 3 amide bonds. The number of ether oxygens (including phenoxy) is 2. The van der Waals surface area contributed by atoms with Crippen LogP contribution in [0, 0.1) is 5.92 Å². The second-order valence-corrected chi connectivity index (χ2v) is 8.13. The van der Waals surface area contributed by atoms with E-state index in [1.54, 1.807) is 48.4 Å². The van der Waals surface area contributed by atoms with Gasteiger partial charge in [0, 0.05) is 36.4 Å². The number of methoxy groups -OCH3 is 1. The van der Waals surface area contributed by atoms with E-state index in [1.807, 2.05) is 42.5 Å². The maximum atomic E-state index is 12.7. The lowest BCUT2D eigenvalue weighted by Gasteiger charge is -2.17. The van der Waals surface area contributed by atoms with E-state index in [-0.39, 0.29) is 30.7 Å². The molecule has 8 heteroatoms. The van der Waals surface area contributed by atoms with Crippen LogP contribution in [0.2, 0.25) is 0 Å². The first kappa shape index (κ1) is 23.8. The molecule has 1 aliphatic heterocycles.